The molecule has 1 saturated carbocycles. The molecule has 1 aliphatic rings. The van der Waals surface area contributed by atoms with Crippen LogP contribution in [0.1, 0.15) is 66.7 Å². The minimum atomic E-state index is -4.25. The quantitative estimate of drug-likeness (QED) is 0.101. The number of nitrogen functional groups attached to an aromatic ring is 1. The van der Waals surface area contributed by atoms with Crippen LogP contribution in [-0.4, -0.2) is 63.4 Å². The number of ether oxygens (including phenoxy) is 2. The maximum atomic E-state index is 14.3. The molecular formula is C33H48N7O8P. The van der Waals surface area contributed by atoms with Crippen LogP contribution in [0.3, 0.4) is 0 Å². The Balaban J connectivity index is 1.58. The van der Waals surface area contributed by atoms with Crippen LogP contribution >= 0.6 is 7.75 Å². The van der Waals surface area contributed by atoms with E-state index in [1.54, 1.807) is 50.4 Å². The molecule has 1 aromatic carbocycles. The first kappa shape index (κ1) is 37.8. The van der Waals surface area contributed by atoms with Crippen molar-refractivity contribution in [1.82, 2.24) is 24.6 Å². The number of nitrogens with zero attached hydrogens (tertiary/aromatic N) is 3. The Morgan fingerprint density at radius 1 is 1.10 bits per heavy atom. The minimum absolute atomic E-state index is 0.0800. The third-order valence-corrected chi connectivity index (χ3v) is 9.98. The lowest BCUT2D eigenvalue weighted by Gasteiger charge is -2.25. The lowest BCUT2D eigenvalue weighted by molar-refractivity contribution is -0.148. The van der Waals surface area contributed by atoms with Gasteiger partial charge in [0.15, 0.2) is 11.2 Å². The Hall–Kier alpha value is -4.04. The molecule has 0 bridgehead atoms. The van der Waals surface area contributed by atoms with Crippen LogP contribution in [0, 0.1) is 17.3 Å². The molecule has 1 aliphatic carbocycles. The van der Waals surface area contributed by atoms with E-state index in [1.165, 1.54) is 17.8 Å². The van der Waals surface area contributed by atoms with Gasteiger partial charge in [0.1, 0.15) is 30.8 Å². The number of carbonyl (C=O) groups is 2. The smallest absolute Gasteiger partial charge is 0.459 e. The Bertz CT molecular complexity index is 1720. The van der Waals surface area contributed by atoms with E-state index >= 15 is 0 Å². The zero-order valence-electron chi connectivity index (χ0n) is 28.7. The van der Waals surface area contributed by atoms with Crippen molar-refractivity contribution >= 4 is 43.0 Å². The average molecular weight is 702 g/mol. The van der Waals surface area contributed by atoms with Crippen LogP contribution in [0.25, 0.3) is 17.4 Å². The molecule has 268 valence electrons. The number of esters is 2. The van der Waals surface area contributed by atoms with Gasteiger partial charge in [0.05, 0.1) is 18.6 Å². The summed E-state index contributed by atoms with van der Waals surface area (Å²) >= 11 is 0. The Kier molecular flexibility index (Phi) is 12.8. The number of para-hydroxylation sites is 1. The lowest BCUT2D eigenvalue weighted by Crippen LogP contribution is -2.38. The number of aromatic amines is 1. The fourth-order valence-electron chi connectivity index (χ4n) is 5.28. The molecule has 0 aliphatic heterocycles. The van der Waals surface area contributed by atoms with Gasteiger partial charge in [-0.1, -0.05) is 58.7 Å². The molecule has 6 N–H and O–H groups in total. The van der Waals surface area contributed by atoms with E-state index in [9.17, 15) is 18.9 Å². The van der Waals surface area contributed by atoms with E-state index in [0.717, 1.165) is 31.3 Å². The number of benzene rings is 1. The maximum absolute atomic E-state index is 14.3. The highest BCUT2D eigenvalue weighted by molar-refractivity contribution is 7.52. The van der Waals surface area contributed by atoms with Crippen LogP contribution in [0.5, 0.6) is 5.75 Å². The molecule has 0 radical (unpaired) electrons. The Morgan fingerprint density at radius 3 is 2.45 bits per heavy atom. The van der Waals surface area contributed by atoms with Crippen LogP contribution < -0.4 is 26.6 Å². The van der Waals surface area contributed by atoms with Crippen molar-refractivity contribution in [3.8, 4) is 5.75 Å². The van der Waals surface area contributed by atoms with Crippen LogP contribution in [0.4, 0.5) is 5.95 Å². The largest absolute Gasteiger partial charge is 0.464 e. The van der Waals surface area contributed by atoms with E-state index in [4.69, 9.17) is 30.0 Å². The second-order valence-corrected chi connectivity index (χ2v) is 14.6. The summed E-state index contributed by atoms with van der Waals surface area (Å²) in [6.45, 7) is 9.18. The Morgan fingerprint density at radius 2 is 1.80 bits per heavy atom. The van der Waals surface area contributed by atoms with E-state index < -0.39 is 42.7 Å². The summed E-state index contributed by atoms with van der Waals surface area (Å²) in [7, 11) is -4.25. The first-order chi connectivity index (χ1) is 23.3. The number of anilines is 1. The van der Waals surface area contributed by atoms with Gasteiger partial charge in [-0.3, -0.25) is 28.5 Å². The fraction of sp³-hybridized carbons (Fsp3) is 0.545. The number of hydrogen-bond acceptors (Lipinski definition) is 12. The number of H-pyrrole nitrogens is 1. The number of imidazole rings is 1. The number of rotatable bonds is 19. The number of carbonyl (C=O) groups excluding carboxylic acids is 2. The molecule has 2 heterocycles. The summed E-state index contributed by atoms with van der Waals surface area (Å²) in [5.41, 5.74) is 11.4. The molecule has 0 saturated heterocycles. The first-order valence-electron chi connectivity index (χ1n) is 16.6. The molecule has 2 unspecified atom stereocenters. The van der Waals surface area contributed by atoms with Crippen molar-refractivity contribution in [2.45, 2.75) is 78.8 Å². The molecule has 49 heavy (non-hydrogen) atoms. The predicted molar refractivity (Wildman–Crippen MR) is 185 cm³/mol. The SMILES string of the molecule is CCCC(CCC)COC(=O)[C@H](C)N[P@](=O)(OCC1(COC(=O)C(N)C(C)C)C/C1=C/n1cnc2c(=O)[nH]c(N)nc21)Oc1ccccc1. The number of nitrogens with two attached hydrogens (primary N) is 2. The van der Waals surface area contributed by atoms with Crippen LogP contribution in [0.15, 0.2) is 47.0 Å². The third kappa shape index (κ3) is 10.0. The minimum Gasteiger partial charge on any atom is -0.464 e. The topological polar surface area (TPSA) is 216 Å². The van der Waals surface area contributed by atoms with Crippen molar-refractivity contribution in [2.75, 3.05) is 25.6 Å². The second kappa shape index (κ2) is 16.6. The molecule has 4 rings (SSSR count). The van der Waals surface area contributed by atoms with Gasteiger partial charge in [-0.25, -0.2) is 9.55 Å². The summed E-state index contributed by atoms with van der Waals surface area (Å²) < 4.78 is 39.0. The highest BCUT2D eigenvalue weighted by Crippen LogP contribution is 2.56. The summed E-state index contributed by atoms with van der Waals surface area (Å²) in [5, 5.41) is 2.74. The van der Waals surface area contributed by atoms with E-state index in [-0.39, 0.29) is 54.5 Å². The average Bonchev–Trinajstić information content (AvgIpc) is 3.59. The van der Waals surface area contributed by atoms with Crippen LogP contribution in [-0.2, 0) is 28.2 Å². The second-order valence-electron chi connectivity index (χ2n) is 12.9. The normalized spacial score (nSPS) is 19.1. The molecule has 0 spiro atoms. The standard InChI is InChI=1S/C33H48N7O8P/c1-6-11-23(12-7-2)17-45-30(42)22(5)39-49(44,48-25-13-9-8-10-14-25)47-19-33(18-46-31(43)26(34)21(3)4)15-24(33)16-40-20-36-27-28(40)37-32(35)38-29(27)41/h8-10,13-14,16,20-23,26H,6-7,11-12,15,17-19,34H2,1-5H3,(H,39,44)(H3,35,37,38,41)/b24-16-/t22-,26?,33?,49-/m0/s1. The number of hydrogen-bond donors (Lipinski definition) is 4. The molecule has 4 atom stereocenters. The summed E-state index contributed by atoms with van der Waals surface area (Å²) in [5.74, 6) is -0.951. The predicted octanol–water partition coefficient (Wildman–Crippen LogP) is 4.40. The number of nitrogens with one attached hydrogen (secondary N) is 2. The molecule has 15 nitrogen and oxygen atoms in total. The van der Waals surface area contributed by atoms with E-state index in [1.807, 2.05) is 0 Å². The van der Waals surface area contributed by atoms with Gasteiger partial charge in [-0.05, 0) is 55.7 Å². The van der Waals surface area contributed by atoms with Gasteiger partial charge in [0.2, 0.25) is 5.95 Å². The lowest BCUT2D eigenvalue weighted by atomic mass is 9.99. The van der Waals surface area contributed by atoms with Gasteiger partial charge < -0.3 is 25.5 Å². The Labute approximate surface area is 285 Å². The van der Waals surface area contributed by atoms with Crippen molar-refractivity contribution in [1.29, 1.82) is 0 Å². The summed E-state index contributed by atoms with van der Waals surface area (Å²) in [6.07, 6.45) is 7.26. The summed E-state index contributed by atoms with van der Waals surface area (Å²) in [6, 6.07) is 6.52. The molecule has 0 amide bonds. The molecule has 2 aromatic heterocycles. The monoisotopic (exact) mass is 701 g/mol. The highest BCUT2D eigenvalue weighted by atomic mass is 31.2. The zero-order valence-corrected chi connectivity index (χ0v) is 29.6. The fourth-order valence-corrected chi connectivity index (χ4v) is 6.85. The zero-order chi connectivity index (χ0) is 35.8. The molecular weight excluding hydrogens is 653 g/mol. The van der Waals surface area contributed by atoms with Gasteiger partial charge in [-0.2, -0.15) is 10.1 Å². The van der Waals surface area contributed by atoms with E-state index in [0.29, 0.717) is 6.42 Å². The van der Waals surface area contributed by atoms with Gasteiger partial charge in [0, 0.05) is 6.20 Å². The van der Waals surface area contributed by atoms with Crippen molar-refractivity contribution in [3.63, 3.8) is 0 Å². The summed E-state index contributed by atoms with van der Waals surface area (Å²) in [4.78, 5) is 48.9. The molecule has 1 fully saturated rings. The highest BCUT2D eigenvalue weighted by Gasteiger charge is 2.52. The number of aromatic nitrogens is 4. The van der Waals surface area contributed by atoms with Gasteiger partial charge in [-0.15, -0.1) is 0 Å². The van der Waals surface area contributed by atoms with Gasteiger partial charge >= 0.3 is 19.7 Å². The maximum Gasteiger partial charge on any atom is 0.459 e. The number of fused-ring (bicyclic) bond motifs is 1. The van der Waals surface area contributed by atoms with Crippen molar-refractivity contribution in [3.05, 3.63) is 52.6 Å². The van der Waals surface area contributed by atoms with Crippen molar-refractivity contribution in [2.24, 2.45) is 23.0 Å². The first-order valence-corrected chi connectivity index (χ1v) is 18.1. The van der Waals surface area contributed by atoms with Gasteiger partial charge in [0.25, 0.3) is 5.56 Å². The van der Waals surface area contributed by atoms with Crippen LogP contribution in [0.2, 0.25) is 0 Å². The third-order valence-electron chi connectivity index (χ3n) is 8.35. The molecule has 3 aromatic rings. The van der Waals surface area contributed by atoms with E-state index in [2.05, 4.69) is 33.9 Å². The van der Waals surface area contributed by atoms with Crippen molar-refractivity contribution < 1.29 is 32.7 Å². The molecule has 16 heteroatoms.